The zero-order chi connectivity index (χ0) is 11.7. The third-order valence-electron chi connectivity index (χ3n) is 2.52. The Morgan fingerprint density at radius 3 is 2.44 bits per heavy atom. The highest BCUT2D eigenvalue weighted by Gasteiger charge is 2.13. The number of anilines is 1. The van der Waals surface area contributed by atoms with Gasteiger partial charge in [-0.05, 0) is 11.5 Å². The third-order valence-corrected chi connectivity index (χ3v) is 3.29. The molecule has 84 valence electrons. The van der Waals surface area contributed by atoms with Crippen LogP contribution < -0.4 is 4.90 Å². The van der Waals surface area contributed by atoms with Gasteiger partial charge in [0, 0.05) is 19.5 Å². The molecular formula is C12H13NO2S. The summed E-state index contributed by atoms with van der Waals surface area (Å²) in [4.78, 5) is 2.32. The molecule has 16 heavy (non-hydrogen) atoms. The third kappa shape index (κ3) is 1.81. The highest BCUT2D eigenvalue weighted by Crippen LogP contribution is 2.30. The van der Waals surface area contributed by atoms with Crippen molar-refractivity contribution in [1.82, 2.24) is 0 Å². The Balaban J connectivity index is 2.84. The summed E-state index contributed by atoms with van der Waals surface area (Å²) in [6.45, 7) is 0. The van der Waals surface area contributed by atoms with Crippen LogP contribution in [0.4, 0.5) is 5.69 Å². The maximum Gasteiger partial charge on any atom is 0.189 e. The van der Waals surface area contributed by atoms with Gasteiger partial charge in [0.1, 0.15) is 0 Å². The molecule has 0 saturated carbocycles. The van der Waals surface area contributed by atoms with Crippen LogP contribution in [0.15, 0.2) is 41.3 Å². The number of fused-ring (bicyclic) bond motifs is 1. The topological polar surface area (TPSA) is 40.5 Å². The second kappa shape index (κ2) is 4.23. The van der Waals surface area contributed by atoms with Crippen molar-refractivity contribution in [3.05, 3.63) is 36.4 Å². The van der Waals surface area contributed by atoms with E-state index in [2.05, 4.69) is 0 Å². The molecule has 0 aliphatic heterocycles. The second-order valence-corrected chi connectivity index (χ2v) is 4.69. The lowest BCUT2D eigenvalue weighted by Gasteiger charge is -2.17. The van der Waals surface area contributed by atoms with Gasteiger partial charge >= 0.3 is 0 Å². The maximum atomic E-state index is 11.4. The predicted molar refractivity (Wildman–Crippen MR) is 67.3 cm³/mol. The van der Waals surface area contributed by atoms with Crippen LogP contribution in [0.1, 0.15) is 0 Å². The van der Waals surface area contributed by atoms with Gasteiger partial charge in [-0.15, -0.1) is 0 Å². The van der Waals surface area contributed by atoms with Crippen molar-refractivity contribution >= 4 is 27.5 Å². The van der Waals surface area contributed by atoms with Gasteiger partial charge in [0.15, 0.2) is 11.1 Å². The standard InChI is InChI=1S/C12H13NO2S/c1-13(2)11-8-7-9-5-3-4-6-10(9)12(11)16(14)15/h3-8H,1-2H3,(H,14,15). The van der Waals surface area contributed by atoms with Crippen LogP contribution in [0.25, 0.3) is 10.8 Å². The second-order valence-electron chi connectivity index (χ2n) is 3.78. The monoisotopic (exact) mass is 235 g/mol. The molecule has 0 aliphatic rings. The predicted octanol–water partition coefficient (Wildman–Crippen LogP) is 2.49. The molecule has 0 saturated heterocycles. The molecule has 0 aromatic heterocycles. The fourth-order valence-electron chi connectivity index (χ4n) is 1.77. The Hall–Kier alpha value is -1.39. The lowest BCUT2D eigenvalue weighted by atomic mass is 10.1. The van der Waals surface area contributed by atoms with E-state index in [-0.39, 0.29) is 0 Å². The average Bonchev–Trinajstić information content (AvgIpc) is 2.27. The highest BCUT2D eigenvalue weighted by atomic mass is 32.2. The van der Waals surface area contributed by atoms with E-state index in [9.17, 15) is 8.76 Å². The summed E-state index contributed by atoms with van der Waals surface area (Å²) in [5.41, 5.74) is 0.777. The SMILES string of the molecule is CN(C)c1ccc2ccccc2c1S(=O)O. The van der Waals surface area contributed by atoms with Crippen LogP contribution in [0.2, 0.25) is 0 Å². The van der Waals surface area contributed by atoms with Gasteiger partial charge in [-0.1, -0.05) is 30.3 Å². The Bertz CT molecular complexity index is 552. The van der Waals surface area contributed by atoms with E-state index in [0.717, 1.165) is 16.5 Å². The minimum absolute atomic E-state index is 0.475. The highest BCUT2D eigenvalue weighted by molar-refractivity contribution is 7.79. The molecule has 2 aromatic rings. The van der Waals surface area contributed by atoms with Crippen LogP contribution in [0, 0.1) is 0 Å². The molecule has 0 bridgehead atoms. The summed E-state index contributed by atoms with van der Waals surface area (Å²) in [5.74, 6) is 0. The van der Waals surface area contributed by atoms with E-state index in [4.69, 9.17) is 0 Å². The molecule has 2 rings (SSSR count). The van der Waals surface area contributed by atoms with E-state index >= 15 is 0 Å². The summed E-state index contributed by atoms with van der Waals surface area (Å²) in [6.07, 6.45) is 0. The van der Waals surface area contributed by atoms with Crippen molar-refractivity contribution in [3.63, 3.8) is 0 Å². The first-order valence-electron chi connectivity index (χ1n) is 4.91. The van der Waals surface area contributed by atoms with E-state index in [1.807, 2.05) is 55.4 Å². The van der Waals surface area contributed by atoms with Gasteiger partial charge in [0.2, 0.25) is 0 Å². The van der Waals surface area contributed by atoms with Crippen LogP contribution >= 0.6 is 0 Å². The fourth-order valence-corrected chi connectivity index (χ4v) is 2.57. The lowest BCUT2D eigenvalue weighted by molar-refractivity contribution is 0.565. The summed E-state index contributed by atoms with van der Waals surface area (Å²) in [7, 11) is 3.72. The van der Waals surface area contributed by atoms with Crippen molar-refractivity contribution in [1.29, 1.82) is 0 Å². The smallest absolute Gasteiger partial charge is 0.189 e. The van der Waals surface area contributed by atoms with Crippen LogP contribution in [-0.2, 0) is 11.1 Å². The largest absolute Gasteiger partial charge is 0.377 e. The van der Waals surface area contributed by atoms with Crippen LogP contribution in [0.3, 0.4) is 0 Å². The van der Waals surface area contributed by atoms with Gasteiger partial charge in [0.05, 0.1) is 10.6 Å². The quantitative estimate of drug-likeness (QED) is 0.813. The molecule has 0 aliphatic carbocycles. The molecule has 1 N–H and O–H groups in total. The van der Waals surface area contributed by atoms with Crippen molar-refractivity contribution in [2.24, 2.45) is 0 Å². The van der Waals surface area contributed by atoms with Crippen molar-refractivity contribution in [3.8, 4) is 0 Å². The molecule has 1 unspecified atom stereocenters. The van der Waals surface area contributed by atoms with Gasteiger partial charge in [-0.2, -0.15) is 0 Å². The molecule has 0 spiro atoms. The number of benzene rings is 2. The van der Waals surface area contributed by atoms with Gasteiger partial charge in [-0.25, -0.2) is 4.21 Å². The van der Waals surface area contributed by atoms with Crippen LogP contribution in [-0.4, -0.2) is 22.9 Å². The zero-order valence-electron chi connectivity index (χ0n) is 9.18. The minimum Gasteiger partial charge on any atom is -0.377 e. The van der Waals surface area contributed by atoms with Gasteiger partial charge in [-0.3, -0.25) is 0 Å². The van der Waals surface area contributed by atoms with Crippen LogP contribution in [0.5, 0.6) is 0 Å². The van der Waals surface area contributed by atoms with E-state index in [1.54, 1.807) is 0 Å². The van der Waals surface area contributed by atoms with Crippen molar-refractivity contribution < 1.29 is 8.76 Å². The Morgan fingerprint density at radius 2 is 1.81 bits per heavy atom. The molecule has 2 aromatic carbocycles. The van der Waals surface area contributed by atoms with E-state index in [1.165, 1.54) is 0 Å². The maximum absolute atomic E-state index is 11.4. The molecule has 0 radical (unpaired) electrons. The van der Waals surface area contributed by atoms with Gasteiger partial charge in [0.25, 0.3) is 0 Å². The lowest BCUT2D eigenvalue weighted by Crippen LogP contribution is -2.12. The first kappa shape index (κ1) is 11.1. The van der Waals surface area contributed by atoms with E-state index in [0.29, 0.717) is 4.90 Å². The molecule has 0 fully saturated rings. The molecular weight excluding hydrogens is 222 g/mol. The first-order valence-corrected chi connectivity index (χ1v) is 6.02. The molecule has 3 nitrogen and oxygen atoms in total. The first-order chi connectivity index (χ1) is 7.61. The zero-order valence-corrected chi connectivity index (χ0v) is 9.99. The summed E-state index contributed by atoms with van der Waals surface area (Å²) < 4.78 is 20.8. The number of hydrogen-bond acceptors (Lipinski definition) is 2. The fraction of sp³-hybridized carbons (Fsp3) is 0.167. The molecule has 4 heteroatoms. The molecule has 0 heterocycles. The molecule has 1 atom stereocenters. The average molecular weight is 235 g/mol. The van der Waals surface area contributed by atoms with Crippen molar-refractivity contribution in [2.45, 2.75) is 4.90 Å². The van der Waals surface area contributed by atoms with Crippen molar-refractivity contribution in [2.75, 3.05) is 19.0 Å². The minimum atomic E-state index is -1.98. The summed E-state index contributed by atoms with van der Waals surface area (Å²) in [6, 6.07) is 11.4. The molecule has 0 amide bonds. The summed E-state index contributed by atoms with van der Waals surface area (Å²) in [5, 5.41) is 1.81. The Morgan fingerprint density at radius 1 is 1.12 bits per heavy atom. The van der Waals surface area contributed by atoms with E-state index < -0.39 is 11.1 Å². The Kier molecular flexibility index (Phi) is 2.94. The number of nitrogens with zero attached hydrogens (tertiary/aromatic N) is 1. The summed E-state index contributed by atoms with van der Waals surface area (Å²) >= 11 is -1.98. The Labute approximate surface area is 97.0 Å². The number of rotatable bonds is 2. The van der Waals surface area contributed by atoms with Gasteiger partial charge < -0.3 is 9.45 Å². The normalized spacial score (nSPS) is 12.7. The number of hydrogen-bond donors (Lipinski definition) is 1.